The SMILES string of the molecule is NC(=O)C1CN(CCc2ccc(Br)cc2)CC1C(N)=O. The molecule has 6 heteroatoms. The van der Waals surface area contributed by atoms with Crippen LogP contribution in [0.1, 0.15) is 5.56 Å². The van der Waals surface area contributed by atoms with Gasteiger partial charge in [-0.25, -0.2) is 0 Å². The maximum atomic E-state index is 11.4. The number of rotatable bonds is 5. The summed E-state index contributed by atoms with van der Waals surface area (Å²) in [5, 5.41) is 0. The van der Waals surface area contributed by atoms with Gasteiger partial charge in [0.05, 0.1) is 11.8 Å². The second-order valence-corrected chi connectivity index (χ2v) is 6.07. The Balaban J connectivity index is 1.93. The molecule has 2 amide bonds. The molecule has 5 nitrogen and oxygen atoms in total. The van der Waals surface area contributed by atoms with Gasteiger partial charge in [-0.15, -0.1) is 0 Å². The minimum absolute atomic E-state index is 0.444. The average molecular weight is 340 g/mol. The molecule has 1 saturated heterocycles. The number of nitrogens with two attached hydrogens (primary N) is 2. The third-order valence-corrected chi connectivity index (χ3v) is 4.29. The first-order valence-corrected chi connectivity index (χ1v) is 7.32. The number of hydrogen-bond donors (Lipinski definition) is 2. The van der Waals surface area contributed by atoms with Gasteiger partial charge in [-0.2, -0.15) is 0 Å². The summed E-state index contributed by atoms with van der Waals surface area (Å²) in [5.41, 5.74) is 11.9. The Morgan fingerprint density at radius 3 is 2.05 bits per heavy atom. The van der Waals surface area contributed by atoms with Gasteiger partial charge in [-0.05, 0) is 24.1 Å². The molecule has 0 spiro atoms. The predicted molar refractivity (Wildman–Crippen MR) is 79.7 cm³/mol. The van der Waals surface area contributed by atoms with Gasteiger partial charge in [0.1, 0.15) is 0 Å². The van der Waals surface area contributed by atoms with Crippen molar-refractivity contribution in [1.29, 1.82) is 0 Å². The molecule has 2 atom stereocenters. The summed E-state index contributed by atoms with van der Waals surface area (Å²) < 4.78 is 1.05. The first-order chi connectivity index (χ1) is 9.47. The lowest BCUT2D eigenvalue weighted by molar-refractivity contribution is -0.129. The molecule has 1 aromatic rings. The van der Waals surface area contributed by atoms with Crippen molar-refractivity contribution in [3.63, 3.8) is 0 Å². The largest absolute Gasteiger partial charge is 0.369 e. The van der Waals surface area contributed by atoms with E-state index in [4.69, 9.17) is 11.5 Å². The second-order valence-electron chi connectivity index (χ2n) is 5.15. The van der Waals surface area contributed by atoms with Crippen LogP contribution in [0.2, 0.25) is 0 Å². The maximum absolute atomic E-state index is 11.4. The highest BCUT2D eigenvalue weighted by Gasteiger charge is 2.39. The number of amides is 2. The molecular formula is C14H18BrN3O2. The van der Waals surface area contributed by atoms with Crippen molar-refractivity contribution < 1.29 is 9.59 Å². The van der Waals surface area contributed by atoms with Gasteiger partial charge in [0, 0.05) is 24.1 Å². The number of nitrogens with zero attached hydrogens (tertiary/aromatic N) is 1. The van der Waals surface area contributed by atoms with Crippen LogP contribution in [0.15, 0.2) is 28.7 Å². The van der Waals surface area contributed by atoms with Crippen molar-refractivity contribution in [2.75, 3.05) is 19.6 Å². The van der Waals surface area contributed by atoms with E-state index in [9.17, 15) is 9.59 Å². The molecule has 1 fully saturated rings. The van der Waals surface area contributed by atoms with E-state index in [-0.39, 0.29) is 0 Å². The molecule has 0 aliphatic carbocycles. The smallest absolute Gasteiger partial charge is 0.222 e. The van der Waals surface area contributed by atoms with Crippen molar-refractivity contribution in [2.24, 2.45) is 23.3 Å². The Labute approximate surface area is 126 Å². The highest BCUT2D eigenvalue weighted by molar-refractivity contribution is 9.10. The fourth-order valence-electron chi connectivity index (χ4n) is 2.58. The second kappa shape index (κ2) is 6.37. The minimum Gasteiger partial charge on any atom is -0.369 e. The summed E-state index contributed by atoms with van der Waals surface area (Å²) in [5.74, 6) is -1.81. The fraction of sp³-hybridized carbons (Fsp3) is 0.429. The molecule has 1 heterocycles. The van der Waals surface area contributed by atoms with Crippen molar-refractivity contribution >= 4 is 27.7 Å². The lowest BCUT2D eigenvalue weighted by atomic mass is 9.95. The summed E-state index contributed by atoms with van der Waals surface area (Å²) in [6, 6.07) is 8.10. The monoisotopic (exact) mass is 339 g/mol. The van der Waals surface area contributed by atoms with Crippen LogP contribution >= 0.6 is 15.9 Å². The zero-order valence-corrected chi connectivity index (χ0v) is 12.7. The van der Waals surface area contributed by atoms with Crippen molar-refractivity contribution in [3.05, 3.63) is 34.3 Å². The minimum atomic E-state index is -0.461. The molecule has 1 aliphatic rings. The van der Waals surface area contributed by atoms with Crippen LogP contribution in [0.25, 0.3) is 0 Å². The third kappa shape index (κ3) is 3.58. The highest BCUT2D eigenvalue weighted by atomic mass is 79.9. The molecule has 20 heavy (non-hydrogen) atoms. The van der Waals surface area contributed by atoms with Crippen LogP contribution in [0, 0.1) is 11.8 Å². The van der Waals surface area contributed by atoms with Crippen LogP contribution < -0.4 is 11.5 Å². The summed E-state index contributed by atoms with van der Waals surface area (Å²) in [6.45, 7) is 1.81. The van der Waals surface area contributed by atoms with Crippen LogP contribution in [-0.2, 0) is 16.0 Å². The van der Waals surface area contributed by atoms with E-state index in [0.29, 0.717) is 13.1 Å². The van der Waals surface area contributed by atoms with Crippen LogP contribution in [0.4, 0.5) is 0 Å². The Morgan fingerprint density at radius 2 is 1.60 bits per heavy atom. The zero-order chi connectivity index (χ0) is 14.7. The highest BCUT2D eigenvalue weighted by Crippen LogP contribution is 2.23. The van der Waals surface area contributed by atoms with E-state index in [0.717, 1.165) is 17.4 Å². The number of hydrogen-bond acceptors (Lipinski definition) is 3. The van der Waals surface area contributed by atoms with Gasteiger partial charge in [0.15, 0.2) is 0 Å². The number of carbonyl (C=O) groups excluding carboxylic acids is 2. The summed E-state index contributed by atoms with van der Waals surface area (Å²) in [6.07, 6.45) is 0.865. The molecule has 2 rings (SSSR count). The van der Waals surface area contributed by atoms with Crippen molar-refractivity contribution in [3.8, 4) is 0 Å². The summed E-state index contributed by atoms with van der Waals surface area (Å²) >= 11 is 3.40. The first kappa shape index (κ1) is 15.0. The summed E-state index contributed by atoms with van der Waals surface area (Å²) in [7, 11) is 0. The number of likely N-dealkylation sites (tertiary alicyclic amines) is 1. The van der Waals surface area contributed by atoms with E-state index in [1.807, 2.05) is 12.1 Å². The van der Waals surface area contributed by atoms with Gasteiger partial charge in [0.25, 0.3) is 0 Å². The van der Waals surface area contributed by atoms with E-state index < -0.39 is 23.7 Å². The lowest BCUT2D eigenvalue weighted by Crippen LogP contribution is -2.36. The Morgan fingerprint density at radius 1 is 1.10 bits per heavy atom. The molecule has 0 radical (unpaired) electrons. The molecular weight excluding hydrogens is 322 g/mol. The van der Waals surface area contributed by atoms with E-state index in [1.165, 1.54) is 5.56 Å². The van der Waals surface area contributed by atoms with Gasteiger partial charge in [-0.3, -0.25) is 9.59 Å². The molecule has 4 N–H and O–H groups in total. The van der Waals surface area contributed by atoms with Gasteiger partial charge >= 0.3 is 0 Å². The van der Waals surface area contributed by atoms with E-state index in [2.05, 4.69) is 33.0 Å². The zero-order valence-electron chi connectivity index (χ0n) is 11.1. The molecule has 0 aromatic heterocycles. The number of benzene rings is 1. The van der Waals surface area contributed by atoms with E-state index in [1.54, 1.807) is 0 Å². The molecule has 1 aromatic carbocycles. The molecule has 2 unspecified atom stereocenters. The third-order valence-electron chi connectivity index (χ3n) is 3.76. The Hall–Kier alpha value is -1.40. The normalized spacial score (nSPS) is 22.9. The van der Waals surface area contributed by atoms with Crippen LogP contribution in [0.3, 0.4) is 0 Å². The van der Waals surface area contributed by atoms with Gasteiger partial charge in [0.2, 0.25) is 11.8 Å². The number of carbonyl (C=O) groups is 2. The fourth-order valence-corrected chi connectivity index (χ4v) is 2.85. The van der Waals surface area contributed by atoms with Crippen LogP contribution in [-0.4, -0.2) is 36.3 Å². The molecule has 0 bridgehead atoms. The Bertz CT molecular complexity index is 482. The first-order valence-electron chi connectivity index (χ1n) is 6.53. The standard InChI is InChI=1S/C14H18BrN3O2/c15-10-3-1-9(2-4-10)5-6-18-7-11(13(16)19)12(8-18)14(17)20/h1-4,11-12H,5-8H2,(H2,16,19)(H2,17,20). The molecule has 108 valence electrons. The molecule has 0 saturated carbocycles. The van der Waals surface area contributed by atoms with Gasteiger partial charge in [-0.1, -0.05) is 28.1 Å². The van der Waals surface area contributed by atoms with Crippen molar-refractivity contribution in [2.45, 2.75) is 6.42 Å². The summed E-state index contributed by atoms with van der Waals surface area (Å²) in [4.78, 5) is 24.8. The number of primary amides is 2. The average Bonchev–Trinajstić information content (AvgIpc) is 2.83. The topological polar surface area (TPSA) is 89.4 Å². The number of halogens is 1. The Kier molecular flexibility index (Phi) is 4.77. The lowest BCUT2D eigenvalue weighted by Gasteiger charge is -2.15. The quantitative estimate of drug-likeness (QED) is 0.818. The van der Waals surface area contributed by atoms with E-state index >= 15 is 0 Å². The van der Waals surface area contributed by atoms with Crippen molar-refractivity contribution in [1.82, 2.24) is 4.90 Å². The maximum Gasteiger partial charge on any atom is 0.222 e. The van der Waals surface area contributed by atoms with Crippen LogP contribution in [0.5, 0.6) is 0 Å². The molecule has 1 aliphatic heterocycles. The predicted octanol–water partition coefficient (Wildman–Crippen LogP) is 0.510. The van der Waals surface area contributed by atoms with Gasteiger partial charge < -0.3 is 16.4 Å².